The van der Waals surface area contributed by atoms with Gasteiger partial charge in [0.25, 0.3) is 0 Å². The van der Waals surface area contributed by atoms with Crippen molar-refractivity contribution in [3.8, 4) is 5.75 Å². The second-order valence-corrected chi connectivity index (χ2v) is 8.35. The predicted molar refractivity (Wildman–Crippen MR) is 116 cm³/mol. The number of methoxy groups -OCH3 is 1. The van der Waals surface area contributed by atoms with E-state index in [0.29, 0.717) is 0 Å². The molecule has 0 radical (unpaired) electrons. The molecule has 0 saturated heterocycles. The first kappa shape index (κ1) is 18.9. The Hall–Kier alpha value is -2.44. The number of nitrogens with one attached hydrogen (secondary N) is 1. The molecule has 0 spiro atoms. The van der Waals surface area contributed by atoms with E-state index in [2.05, 4.69) is 52.2 Å². The van der Waals surface area contributed by atoms with Crippen molar-refractivity contribution in [3.63, 3.8) is 0 Å². The first-order valence-corrected chi connectivity index (χ1v) is 10.9. The fourth-order valence-corrected chi connectivity index (χ4v) is 4.72. The van der Waals surface area contributed by atoms with E-state index < -0.39 is 0 Å². The third-order valence-corrected chi connectivity index (χ3v) is 6.39. The first-order chi connectivity index (χ1) is 13.7. The van der Waals surface area contributed by atoms with Crippen LogP contribution in [0.3, 0.4) is 0 Å². The van der Waals surface area contributed by atoms with Crippen LogP contribution in [0.5, 0.6) is 5.75 Å². The quantitative estimate of drug-likeness (QED) is 0.382. The average Bonchev–Trinajstić information content (AvgIpc) is 3.15. The standard InChI is InChI=1S/C22H21N3OS2/c1-3-15-13-23-16(11-21(15)28-18-7-5-4-6-8-18)14-27-22-24-19-10-9-17(26-2)12-20(19)25-22/h4-13H,3,14H2,1-2H3,(H,24,25). The van der Waals surface area contributed by atoms with Gasteiger partial charge < -0.3 is 9.72 Å². The van der Waals surface area contributed by atoms with E-state index in [0.717, 1.165) is 39.8 Å². The Labute approximate surface area is 173 Å². The van der Waals surface area contributed by atoms with Gasteiger partial charge in [0, 0.05) is 27.8 Å². The molecule has 0 fully saturated rings. The van der Waals surface area contributed by atoms with Gasteiger partial charge in [-0.2, -0.15) is 0 Å². The molecule has 0 aliphatic rings. The number of ether oxygens (including phenoxy) is 1. The summed E-state index contributed by atoms with van der Waals surface area (Å²) in [6, 6.07) is 18.5. The molecule has 4 nitrogen and oxygen atoms in total. The molecule has 0 bridgehead atoms. The van der Waals surface area contributed by atoms with Gasteiger partial charge in [0.05, 0.1) is 23.8 Å². The minimum absolute atomic E-state index is 0.767. The van der Waals surface area contributed by atoms with Crippen LogP contribution in [0.25, 0.3) is 11.0 Å². The summed E-state index contributed by atoms with van der Waals surface area (Å²) in [5, 5.41) is 0.891. The smallest absolute Gasteiger partial charge is 0.166 e. The normalized spacial score (nSPS) is 11.1. The number of thioether (sulfide) groups is 1. The van der Waals surface area contributed by atoms with E-state index in [1.807, 2.05) is 30.5 Å². The maximum Gasteiger partial charge on any atom is 0.166 e. The van der Waals surface area contributed by atoms with Crippen LogP contribution in [0.2, 0.25) is 0 Å². The Bertz CT molecular complexity index is 1080. The molecule has 2 aromatic heterocycles. The van der Waals surface area contributed by atoms with Gasteiger partial charge >= 0.3 is 0 Å². The molecule has 2 heterocycles. The Morgan fingerprint density at radius 2 is 1.93 bits per heavy atom. The summed E-state index contributed by atoms with van der Waals surface area (Å²) in [7, 11) is 1.67. The Morgan fingerprint density at radius 3 is 2.71 bits per heavy atom. The maximum atomic E-state index is 5.28. The highest BCUT2D eigenvalue weighted by Crippen LogP contribution is 2.32. The Balaban J connectivity index is 1.51. The molecule has 0 aliphatic carbocycles. The second kappa shape index (κ2) is 8.71. The van der Waals surface area contributed by atoms with Crippen LogP contribution in [0.1, 0.15) is 18.2 Å². The number of aromatic nitrogens is 3. The van der Waals surface area contributed by atoms with Gasteiger partial charge in [-0.05, 0) is 42.3 Å². The van der Waals surface area contributed by atoms with Gasteiger partial charge in [-0.3, -0.25) is 4.98 Å². The Morgan fingerprint density at radius 1 is 1.07 bits per heavy atom. The molecule has 2 aromatic carbocycles. The number of aromatic amines is 1. The summed E-state index contributed by atoms with van der Waals surface area (Å²) in [4.78, 5) is 15.2. The van der Waals surface area contributed by atoms with Gasteiger partial charge in [0.2, 0.25) is 0 Å². The lowest BCUT2D eigenvalue weighted by Crippen LogP contribution is -1.93. The summed E-state index contributed by atoms with van der Waals surface area (Å²) in [6.45, 7) is 2.17. The van der Waals surface area contributed by atoms with Gasteiger partial charge in [0.15, 0.2) is 5.16 Å². The third kappa shape index (κ3) is 4.34. The zero-order valence-electron chi connectivity index (χ0n) is 15.8. The molecule has 4 aromatic rings. The molecule has 0 aliphatic heterocycles. The highest BCUT2D eigenvalue weighted by atomic mass is 32.2. The summed E-state index contributed by atoms with van der Waals surface area (Å²) < 4.78 is 5.28. The van der Waals surface area contributed by atoms with Crippen molar-refractivity contribution in [2.75, 3.05) is 7.11 Å². The lowest BCUT2D eigenvalue weighted by Gasteiger charge is -2.09. The molecule has 0 saturated carbocycles. The molecule has 28 heavy (non-hydrogen) atoms. The third-order valence-electron chi connectivity index (χ3n) is 4.38. The lowest BCUT2D eigenvalue weighted by atomic mass is 10.2. The van der Waals surface area contributed by atoms with E-state index in [1.54, 1.807) is 30.6 Å². The van der Waals surface area contributed by atoms with Crippen molar-refractivity contribution in [3.05, 3.63) is 72.1 Å². The van der Waals surface area contributed by atoms with Crippen molar-refractivity contribution in [1.29, 1.82) is 0 Å². The summed E-state index contributed by atoms with van der Waals surface area (Å²) in [5.74, 6) is 1.59. The predicted octanol–water partition coefficient (Wildman–Crippen LogP) is 5.97. The highest BCUT2D eigenvalue weighted by molar-refractivity contribution is 7.99. The maximum absolute atomic E-state index is 5.28. The zero-order chi connectivity index (χ0) is 19.3. The largest absolute Gasteiger partial charge is 0.497 e. The molecule has 6 heteroatoms. The number of H-pyrrole nitrogens is 1. The van der Waals surface area contributed by atoms with Crippen molar-refractivity contribution in [2.24, 2.45) is 0 Å². The number of fused-ring (bicyclic) bond motifs is 1. The van der Waals surface area contributed by atoms with Crippen LogP contribution in [0, 0.1) is 0 Å². The lowest BCUT2D eigenvalue weighted by molar-refractivity contribution is 0.415. The minimum atomic E-state index is 0.767. The van der Waals surface area contributed by atoms with Crippen molar-refractivity contribution >= 4 is 34.6 Å². The van der Waals surface area contributed by atoms with Crippen LogP contribution >= 0.6 is 23.5 Å². The van der Waals surface area contributed by atoms with Crippen LogP contribution in [0.4, 0.5) is 0 Å². The molecular weight excluding hydrogens is 386 g/mol. The first-order valence-electron chi connectivity index (χ1n) is 9.12. The van der Waals surface area contributed by atoms with Crippen molar-refractivity contribution in [1.82, 2.24) is 15.0 Å². The second-order valence-electron chi connectivity index (χ2n) is 6.27. The topological polar surface area (TPSA) is 50.8 Å². The number of imidazole rings is 1. The summed E-state index contributed by atoms with van der Waals surface area (Å²) in [5.41, 5.74) is 4.26. The van der Waals surface area contributed by atoms with Crippen LogP contribution in [0.15, 0.2) is 75.7 Å². The molecule has 1 N–H and O–H groups in total. The van der Waals surface area contributed by atoms with E-state index >= 15 is 0 Å². The monoisotopic (exact) mass is 407 g/mol. The van der Waals surface area contributed by atoms with Gasteiger partial charge in [0.1, 0.15) is 5.75 Å². The molecular formula is C22H21N3OS2. The minimum Gasteiger partial charge on any atom is -0.497 e. The van der Waals surface area contributed by atoms with E-state index in [1.165, 1.54) is 15.4 Å². The average molecular weight is 408 g/mol. The molecule has 4 rings (SSSR count). The van der Waals surface area contributed by atoms with Crippen LogP contribution in [-0.4, -0.2) is 22.1 Å². The molecule has 0 atom stereocenters. The number of rotatable bonds is 7. The molecule has 142 valence electrons. The fraction of sp³-hybridized carbons (Fsp3) is 0.182. The molecule has 0 amide bonds. The van der Waals surface area contributed by atoms with E-state index in [9.17, 15) is 0 Å². The number of aryl methyl sites for hydroxylation is 1. The number of hydrogen-bond donors (Lipinski definition) is 1. The number of pyridine rings is 1. The SMILES string of the molecule is CCc1cnc(CSc2nc3ccc(OC)cc3[nH]2)cc1Sc1ccccc1. The number of nitrogens with zero attached hydrogens (tertiary/aromatic N) is 2. The number of benzene rings is 2. The van der Waals surface area contributed by atoms with Gasteiger partial charge in [-0.15, -0.1) is 0 Å². The van der Waals surface area contributed by atoms with Gasteiger partial charge in [-0.1, -0.05) is 48.6 Å². The van der Waals surface area contributed by atoms with Crippen LogP contribution in [-0.2, 0) is 12.2 Å². The van der Waals surface area contributed by atoms with Crippen molar-refractivity contribution in [2.45, 2.75) is 34.0 Å². The fourth-order valence-electron chi connectivity index (χ4n) is 2.86. The van der Waals surface area contributed by atoms with Crippen molar-refractivity contribution < 1.29 is 4.74 Å². The zero-order valence-corrected chi connectivity index (χ0v) is 17.4. The summed E-state index contributed by atoms with van der Waals surface area (Å²) >= 11 is 3.46. The number of hydrogen-bond acceptors (Lipinski definition) is 5. The Kier molecular flexibility index (Phi) is 5.88. The molecule has 0 unspecified atom stereocenters. The van der Waals surface area contributed by atoms with E-state index in [-0.39, 0.29) is 0 Å². The van der Waals surface area contributed by atoms with E-state index in [4.69, 9.17) is 4.74 Å². The van der Waals surface area contributed by atoms with Crippen LogP contribution < -0.4 is 4.74 Å². The highest BCUT2D eigenvalue weighted by Gasteiger charge is 2.09. The van der Waals surface area contributed by atoms with Gasteiger partial charge in [-0.25, -0.2) is 4.98 Å². The summed E-state index contributed by atoms with van der Waals surface area (Å²) in [6.07, 6.45) is 2.98.